The normalized spacial score (nSPS) is 15.6. The van der Waals surface area contributed by atoms with E-state index in [1.165, 1.54) is 6.20 Å². The molecule has 2 aromatic rings. The molecule has 0 N–H and O–H groups in total. The van der Waals surface area contributed by atoms with Gasteiger partial charge in [0.1, 0.15) is 11.3 Å². The summed E-state index contributed by atoms with van der Waals surface area (Å²) in [6.45, 7) is 4.24. The molecule has 3 rings (SSSR count). The number of fused-ring (bicyclic) bond motifs is 1. The van der Waals surface area contributed by atoms with Crippen LogP contribution in [0.4, 0.5) is 0 Å². The second-order valence-electron chi connectivity index (χ2n) is 5.54. The lowest BCUT2D eigenvalue weighted by molar-refractivity contribution is -0.127. The minimum atomic E-state index is -0.965. The molecule has 0 radical (unpaired) electrons. The van der Waals surface area contributed by atoms with Crippen LogP contribution in [0.5, 0.6) is 5.75 Å². The lowest BCUT2D eigenvalue weighted by Crippen LogP contribution is -2.39. The second-order valence-corrected chi connectivity index (χ2v) is 5.54. The van der Waals surface area contributed by atoms with Crippen molar-refractivity contribution in [3.05, 3.63) is 59.4 Å². The zero-order valence-electron chi connectivity index (χ0n) is 12.5. The Morgan fingerprint density at radius 3 is 2.68 bits per heavy atom. The van der Waals surface area contributed by atoms with E-state index in [9.17, 15) is 4.79 Å². The maximum Gasteiger partial charge on any atom is 0.346 e. The maximum atomic E-state index is 11.8. The predicted octanol–water partition coefficient (Wildman–Crippen LogP) is 3.08. The van der Waals surface area contributed by atoms with Crippen molar-refractivity contribution in [2.24, 2.45) is 0 Å². The van der Waals surface area contributed by atoms with Crippen LogP contribution >= 0.6 is 0 Å². The van der Waals surface area contributed by atoms with Crippen molar-refractivity contribution in [2.75, 3.05) is 0 Å². The molecule has 0 aliphatic carbocycles. The fraction of sp³-hybridized carbons (Fsp3) is 0.294. The largest absolute Gasteiger partial charge is 0.452 e. The highest BCUT2D eigenvalue weighted by Crippen LogP contribution is 2.31. The Labute approximate surface area is 128 Å². The van der Waals surface area contributed by atoms with E-state index in [4.69, 9.17) is 14.2 Å². The molecule has 1 aliphatic rings. The third kappa shape index (κ3) is 3.26. The van der Waals surface area contributed by atoms with Gasteiger partial charge in [-0.25, -0.2) is 4.79 Å². The third-order valence-electron chi connectivity index (χ3n) is 3.20. The van der Waals surface area contributed by atoms with Crippen LogP contribution in [-0.2, 0) is 22.7 Å². The fourth-order valence-corrected chi connectivity index (χ4v) is 2.21. The number of hydrogen-bond donors (Lipinski definition) is 0. The smallest absolute Gasteiger partial charge is 0.346 e. The molecule has 0 saturated carbocycles. The van der Waals surface area contributed by atoms with Crippen molar-refractivity contribution in [2.45, 2.75) is 32.8 Å². The zero-order valence-corrected chi connectivity index (χ0v) is 12.5. The Kier molecular flexibility index (Phi) is 3.81. The molecule has 0 unspecified atom stereocenters. The van der Waals surface area contributed by atoms with Crippen molar-refractivity contribution < 1.29 is 19.0 Å². The van der Waals surface area contributed by atoms with E-state index in [1.54, 1.807) is 19.9 Å². The first-order valence-electron chi connectivity index (χ1n) is 7.06. The fourth-order valence-electron chi connectivity index (χ4n) is 2.21. The molecule has 0 amide bonds. The molecular weight excluding hydrogens is 282 g/mol. The summed E-state index contributed by atoms with van der Waals surface area (Å²) in [5.41, 5.74) is 2.15. The zero-order chi connectivity index (χ0) is 15.6. The van der Waals surface area contributed by atoms with Crippen LogP contribution in [0.1, 0.15) is 35.5 Å². The summed E-state index contributed by atoms with van der Waals surface area (Å²) in [4.78, 5) is 16.1. The van der Waals surface area contributed by atoms with E-state index < -0.39 is 11.8 Å². The van der Waals surface area contributed by atoms with Gasteiger partial charge in [0.25, 0.3) is 0 Å². The highest BCUT2D eigenvalue weighted by Gasteiger charge is 2.34. The molecule has 22 heavy (non-hydrogen) atoms. The molecule has 1 aromatic heterocycles. The second kappa shape index (κ2) is 5.77. The number of hydrogen-bond acceptors (Lipinski definition) is 5. The first-order valence-corrected chi connectivity index (χ1v) is 7.06. The van der Waals surface area contributed by atoms with E-state index in [0.717, 1.165) is 5.56 Å². The monoisotopic (exact) mass is 299 g/mol. The van der Waals surface area contributed by atoms with Crippen LogP contribution in [0.25, 0.3) is 0 Å². The molecule has 1 aliphatic heterocycles. The number of aromatic nitrogens is 1. The summed E-state index contributed by atoms with van der Waals surface area (Å²) in [6.07, 6.45) is 1.47. The van der Waals surface area contributed by atoms with Crippen molar-refractivity contribution >= 4 is 5.97 Å². The number of pyridine rings is 1. The highest BCUT2D eigenvalue weighted by molar-refractivity contribution is 5.93. The Bertz CT molecular complexity index is 682. The van der Waals surface area contributed by atoms with Crippen LogP contribution in [-0.4, -0.2) is 16.7 Å². The van der Waals surface area contributed by atoms with Gasteiger partial charge in [0.2, 0.25) is 5.79 Å². The molecule has 5 heteroatoms. The molecule has 0 spiro atoms. The Morgan fingerprint density at radius 1 is 1.14 bits per heavy atom. The van der Waals surface area contributed by atoms with Crippen molar-refractivity contribution in [3.63, 3.8) is 0 Å². The standard InChI is InChI=1S/C17H17NO4/c1-17(2)21-15-8-13(18-9-14(15)16(19)22-17)11-20-10-12-6-4-3-5-7-12/h3-9H,10-11H2,1-2H3. The van der Waals surface area contributed by atoms with Gasteiger partial charge in [-0.3, -0.25) is 4.98 Å². The molecule has 0 saturated heterocycles. The topological polar surface area (TPSA) is 57.7 Å². The SMILES string of the molecule is CC1(C)OC(=O)c2cnc(COCc3ccccc3)cc2O1. The van der Waals surface area contributed by atoms with Crippen molar-refractivity contribution in [1.29, 1.82) is 0 Å². The van der Waals surface area contributed by atoms with Gasteiger partial charge in [0, 0.05) is 26.1 Å². The van der Waals surface area contributed by atoms with Gasteiger partial charge in [0.15, 0.2) is 0 Å². The Hall–Kier alpha value is -2.40. The van der Waals surface area contributed by atoms with E-state index in [1.807, 2.05) is 30.3 Å². The lowest BCUT2D eigenvalue weighted by Gasteiger charge is -2.31. The number of carbonyl (C=O) groups excluding carboxylic acids is 1. The summed E-state index contributed by atoms with van der Waals surface area (Å²) in [5.74, 6) is -0.904. The molecular formula is C17H17NO4. The van der Waals surface area contributed by atoms with E-state index >= 15 is 0 Å². The van der Waals surface area contributed by atoms with Gasteiger partial charge in [0.05, 0.1) is 18.9 Å². The third-order valence-corrected chi connectivity index (χ3v) is 3.20. The van der Waals surface area contributed by atoms with Gasteiger partial charge >= 0.3 is 5.97 Å². The molecule has 1 aromatic carbocycles. The molecule has 0 bridgehead atoms. The summed E-state index contributed by atoms with van der Waals surface area (Å²) in [7, 11) is 0. The molecule has 0 fully saturated rings. The van der Waals surface area contributed by atoms with Crippen LogP contribution < -0.4 is 4.74 Å². The molecule has 0 atom stereocenters. The highest BCUT2D eigenvalue weighted by atomic mass is 16.7. The summed E-state index contributed by atoms with van der Waals surface area (Å²) in [6, 6.07) is 11.6. The number of ether oxygens (including phenoxy) is 3. The van der Waals surface area contributed by atoms with Gasteiger partial charge in [-0.2, -0.15) is 0 Å². The minimum absolute atomic E-state index is 0.339. The van der Waals surface area contributed by atoms with Crippen LogP contribution in [0.15, 0.2) is 42.6 Å². The average Bonchev–Trinajstić information content (AvgIpc) is 2.47. The van der Waals surface area contributed by atoms with Crippen molar-refractivity contribution in [3.8, 4) is 5.75 Å². The number of esters is 1. The minimum Gasteiger partial charge on any atom is -0.452 e. The summed E-state index contributed by atoms with van der Waals surface area (Å²) in [5, 5.41) is 0. The van der Waals surface area contributed by atoms with Gasteiger partial charge < -0.3 is 14.2 Å². The summed E-state index contributed by atoms with van der Waals surface area (Å²) >= 11 is 0. The van der Waals surface area contributed by atoms with Gasteiger partial charge in [-0.05, 0) is 5.56 Å². The van der Waals surface area contributed by atoms with Crippen molar-refractivity contribution in [1.82, 2.24) is 4.98 Å². The Morgan fingerprint density at radius 2 is 1.91 bits per heavy atom. The van der Waals surface area contributed by atoms with E-state index in [-0.39, 0.29) is 0 Å². The average molecular weight is 299 g/mol. The van der Waals surface area contributed by atoms with E-state index in [0.29, 0.717) is 30.2 Å². The number of nitrogens with zero attached hydrogens (tertiary/aromatic N) is 1. The van der Waals surface area contributed by atoms with Crippen LogP contribution in [0.2, 0.25) is 0 Å². The first-order chi connectivity index (χ1) is 10.5. The lowest BCUT2D eigenvalue weighted by atomic mass is 10.2. The van der Waals surface area contributed by atoms with Crippen LogP contribution in [0, 0.1) is 0 Å². The first kappa shape index (κ1) is 14.5. The predicted molar refractivity (Wildman–Crippen MR) is 79.3 cm³/mol. The molecule has 114 valence electrons. The van der Waals surface area contributed by atoms with Gasteiger partial charge in [-0.15, -0.1) is 0 Å². The Balaban J connectivity index is 1.67. The quantitative estimate of drug-likeness (QED) is 0.812. The number of carbonyl (C=O) groups is 1. The van der Waals surface area contributed by atoms with Crippen LogP contribution in [0.3, 0.4) is 0 Å². The number of benzene rings is 1. The number of rotatable bonds is 4. The molecule has 5 nitrogen and oxygen atoms in total. The summed E-state index contributed by atoms with van der Waals surface area (Å²) < 4.78 is 16.4. The van der Waals surface area contributed by atoms with Gasteiger partial charge in [-0.1, -0.05) is 30.3 Å². The molecule has 2 heterocycles. The van der Waals surface area contributed by atoms with E-state index in [2.05, 4.69) is 4.98 Å². The number of cyclic esters (lactones) is 1. The maximum absolute atomic E-state index is 11.8.